The van der Waals surface area contributed by atoms with E-state index in [1.54, 1.807) is 24.3 Å². The molecule has 4 heteroatoms. The summed E-state index contributed by atoms with van der Waals surface area (Å²) in [6.45, 7) is 2.83. The zero-order chi connectivity index (χ0) is 13.2. The number of carboxylic acid groups (broad SMARTS) is 1. The Labute approximate surface area is 113 Å². The van der Waals surface area contributed by atoms with Gasteiger partial charge in [-0.15, -0.1) is 0 Å². The number of carboxylic acids is 1. The molecule has 0 spiro atoms. The summed E-state index contributed by atoms with van der Waals surface area (Å²) in [6.07, 6.45) is 3.50. The van der Waals surface area contributed by atoms with Gasteiger partial charge in [-0.25, -0.2) is 4.79 Å². The molecule has 0 bridgehead atoms. The summed E-state index contributed by atoms with van der Waals surface area (Å²) >= 11 is 1.95. The molecule has 0 saturated carbocycles. The minimum absolute atomic E-state index is 0.268. The summed E-state index contributed by atoms with van der Waals surface area (Å²) in [4.78, 5) is 10.8. The van der Waals surface area contributed by atoms with Gasteiger partial charge >= 0.3 is 5.97 Å². The first-order chi connectivity index (χ1) is 8.74. The standard InChI is InChI=1S/C14H20O3S/c1-2-3-9-18-10-5-8-17-13-7-4-6-12(11-13)14(15)16/h4,6-7,11H,2-3,5,8-10H2,1H3,(H,15,16). The second-order valence-corrected chi connectivity index (χ2v) is 5.23. The van der Waals surface area contributed by atoms with Crippen LogP contribution < -0.4 is 4.74 Å². The molecule has 0 atom stereocenters. The predicted octanol–water partition coefficient (Wildman–Crippen LogP) is 3.69. The molecular weight excluding hydrogens is 248 g/mol. The summed E-state index contributed by atoms with van der Waals surface area (Å²) in [5, 5.41) is 8.84. The molecular formula is C14H20O3S. The summed E-state index contributed by atoms with van der Waals surface area (Å²) in [6, 6.07) is 6.62. The second-order valence-electron chi connectivity index (χ2n) is 4.00. The fourth-order valence-electron chi connectivity index (χ4n) is 1.42. The van der Waals surface area contributed by atoms with Crippen molar-refractivity contribution < 1.29 is 14.6 Å². The SMILES string of the molecule is CCCCSCCCOc1cccc(C(=O)O)c1. The third kappa shape index (κ3) is 5.96. The van der Waals surface area contributed by atoms with Gasteiger partial charge in [-0.3, -0.25) is 0 Å². The van der Waals surface area contributed by atoms with Gasteiger partial charge in [0, 0.05) is 0 Å². The van der Waals surface area contributed by atoms with Crippen molar-refractivity contribution in [3.63, 3.8) is 0 Å². The van der Waals surface area contributed by atoms with Gasteiger partial charge < -0.3 is 9.84 Å². The first-order valence-electron chi connectivity index (χ1n) is 6.28. The molecule has 0 amide bonds. The van der Waals surface area contributed by atoms with Crippen molar-refractivity contribution in [2.75, 3.05) is 18.1 Å². The molecule has 0 saturated heterocycles. The molecule has 0 unspecified atom stereocenters. The highest BCUT2D eigenvalue weighted by Crippen LogP contribution is 2.14. The fourth-order valence-corrected chi connectivity index (χ4v) is 2.44. The van der Waals surface area contributed by atoms with Crippen molar-refractivity contribution in [3.8, 4) is 5.75 Å². The number of aromatic carboxylic acids is 1. The Hall–Kier alpha value is -1.16. The van der Waals surface area contributed by atoms with Gasteiger partial charge in [0.2, 0.25) is 0 Å². The molecule has 0 aliphatic carbocycles. The van der Waals surface area contributed by atoms with E-state index in [0.717, 1.165) is 12.2 Å². The van der Waals surface area contributed by atoms with Crippen molar-refractivity contribution in [1.29, 1.82) is 0 Å². The molecule has 0 aromatic heterocycles. The van der Waals surface area contributed by atoms with Crippen molar-refractivity contribution in [3.05, 3.63) is 29.8 Å². The number of carbonyl (C=O) groups is 1. The van der Waals surface area contributed by atoms with Crippen LogP contribution in [0.15, 0.2) is 24.3 Å². The van der Waals surface area contributed by atoms with Crippen LogP contribution in [0.5, 0.6) is 5.75 Å². The normalized spacial score (nSPS) is 10.3. The van der Waals surface area contributed by atoms with E-state index >= 15 is 0 Å². The number of rotatable bonds is 9. The number of hydrogen-bond acceptors (Lipinski definition) is 3. The highest BCUT2D eigenvalue weighted by atomic mass is 32.2. The van der Waals surface area contributed by atoms with E-state index in [4.69, 9.17) is 9.84 Å². The fraction of sp³-hybridized carbons (Fsp3) is 0.500. The largest absolute Gasteiger partial charge is 0.494 e. The molecule has 1 aromatic carbocycles. The molecule has 18 heavy (non-hydrogen) atoms. The molecule has 1 aromatic rings. The topological polar surface area (TPSA) is 46.5 Å². The number of benzene rings is 1. The molecule has 1 N–H and O–H groups in total. The van der Waals surface area contributed by atoms with Gasteiger partial charge in [-0.1, -0.05) is 19.4 Å². The third-order valence-corrected chi connectivity index (χ3v) is 3.58. The van der Waals surface area contributed by atoms with Crippen LogP contribution in [0, 0.1) is 0 Å². The van der Waals surface area contributed by atoms with Crippen LogP contribution in [0.2, 0.25) is 0 Å². The molecule has 0 fully saturated rings. The van der Waals surface area contributed by atoms with Crippen LogP contribution in [0.3, 0.4) is 0 Å². The van der Waals surface area contributed by atoms with Crippen LogP contribution >= 0.6 is 11.8 Å². The average molecular weight is 268 g/mol. The average Bonchev–Trinajstić information content (AvgIpc) is 2.38. The van der Waals surface area contributed by atoms with Crippen LogP contribution in [0.4, 0.5) is 0 Å². The van der Waals surface area contributed by atoms with Crippen LogP contribution in [-0.2, 0) is 0 Å². The monoisotopic (exact) mass is 268 g/mol. The number of thioether (sulfide) groups is 1. The van der Waals surface area contributed by atoms with E-state index < -0.39 is 5.97 Å². The smallest absolute Gasteiger partial charge is 0.335 e. The van der Waals surface area contributed by atoms with Gasteiger partial charge in [0.05, 0.1) is 12.2 Å². The van der Waals surface area contributed by atoms with E-state index in [1.807, 2.05) is 11.8 Å². The van der Waals surface area contributed by atoms with Crippen LogP contribution in [0.25, 0.3) is 0 Å². The quantitative estimate of drug-likeness (QED) is 0.694. The molecule has 3 nitrogen and oxygen atoms in total. The highest BCUT2D eigenvalue weighted by molar-refractivity contribution is 7.99. The molecule has 0 aliphatic heterocycles. The summed E-state index contributed by atoms with van der Waals surface area (Å²) in [5.74, 6) is 2.02. The molecule has 1 rings (SSSR count). The van der Waals surface area contributed by atoms with Crippen molar-refractivity contribution in [2.45, 2.75) is 26.2 Å². The Morgan fingerprint density at radius 3 is 2.83 bits per heavy atom. The van der Waals surface area contributed by atoms with E-state index in [9.17, 15) is 4.79 Å². The lowest BCUT2D eigenvalue weighted by molar-refractivity contribution is 0.0696. The van der Waals surface area contributed by atoms with Gasteiger partial charge in [-0.2, -0.15) is 11.8 Å². The molecule has 100 valence electrons. The molecule has 0 heterocycles. The lowest BCUT2D eigenvalue weighted by atomic mass is 10.2. The Balaban J connectivity index is 2.19. The zero-order valence-corrected chi connectivity index (χ0v) is 11.5. The van der Waals surface area contributed by atoms with E-state index in [1.165, 1.54) is 18.6 Å². The maximum atomic E-state index is 10.8. The van der Waals surface area contributed by atoms with Gasteiger partial charge in [-0.05, 0) is 42.5 Å². The minimum Gasteiger partial charge on any atom is -0.494 e. The van der Waals surface area contributed by atoms with E-state index in [0.29, 0.717) is 12.4 Å². The van der Waals surface area contributed by atoms with Crippen LogP contribution in [0.1, 0.15) is 36.5 Å². The minimum atomic E-state index is -0.921. The van der Waals surface area contributed by atoms with E-state index in [-0.39, 0.29) is 5.56 Å². The van der Waals surface area contributed by atoms with Gasteiger partial charge in [0.15, 0.2) is 0 Å². The highest BCUT2D eigenvalue weighted by Gasteiger charge is 2.03. The Morgan fingerprint density at radius 1 is 1.33 bits per heavy atom. The maximum absolute atomic E-state index is 10.8. The van der Waals surface area contributed by atoms with Crippen molar-refractivity contribution in [2.24, 2.45) is 0 Å². The Bertz CT molecular complexity index is 366. The van der Waals surface area contributed by atoms with Crippen LogP contribution in [-0.4, -0.2) is 29.2 Å². The number of unbranched alkanes of at least 4 members (excludes halogenated alkanes) is 1. The lowest BCUT2D eigenvalue weighted by Gasteiger charge is -2.06. The molecule has 0 radical (unpaired) electrons. The van der Waals surface area contributed by atoms with Crippen molar-refractivity contribution in [1.82, 2.24) is 0 Å². The van der Waals surface area contributed by atoms with E-state index in [2.05, 4.69) is 6.92 Å². The Morgan fingerprint density at radius 2 is 2.11 bits per heavy atom. The number of ether oxygens (including phenoxy) is 1. The van der Waals surface area contributed by atoms with Gasteiger partial charge in [0.1, 0.15) is 5.75 Å². The second kappa shape index (κ2) is 8.86. The maximum Gasteiger partial charge on any atom is 0.335 e. The predicted molar refractivity (Wildman–Crippen MR) is 75.7 cm³/mol. The number of hydrogen-bond donors (Lipinski definition) is 1. The molecule has 0 aliphatic rings. The zero-order valence-electron chi connectivity index (χ0n) is 10.7. The first kappa shape index (κ1) is 14.9. The summed E-state index contributed by atoms with van der Waals surface area (Å²) < 4.78 is 5.53. The third-order valence-electron chi connectivity index (χ3n) is 2.42. The van der Waals surface area contributed by atoms with Gasteiger partial charge in [0.25, 0.3) is 0 Å². The lowest BCUT2D eigenvalue weighted by Crippen LogP contribution is -2.01. The first-order valence-corrected chi connectivity index (χ1v) is 7.43. The van der Waals surface area contributed by atoms with Crippen molar-refractivity contribution >= 4 is 17.7 Å². The Kier molecular flexibility index (Phi) is 7.34. The summed E-state index contributed by atoms with van der Waals surface area (Å²) in [7, 11) is 0. The summed E-state index contributed by atoms with van der Waals surface area (Å²) in [5.41, 5.74) is 0.268.